The molecule has 0 fully saturated rings. The highest BCUT2D eigenvalue weighted by atomic mass is 32.2. The van der Waals surface area contributed by atoms with Crippen LogP contribution in [0.5, 0.6) is 0 Å². The van der Waals surface area contributed by atoms with Crippen LogP contribution in [0.25, 0.3) is 0 Å². The molecule has 0 aromatic carbocycles. The van der Waals surface area contributed by atoms with Gasteiger partial charge in [0.25, 0.3) is 0 Å². The number of hydrogen-bond acceptors (Lipinski definition) is 3. The van der Waals surface area contributed by atoms with E-state index in [1.54, 1.807) is 11.3 Å². The van der Waals surface area contributed by atoms with E-state index >= 15 is 0 Å². The van der Waals surface area contributed by atoms with Gasteiger partial charge >= 0.3 is 0 Å². The summed E-state index contributed by atoms with van der Waals surface area (Å²) in [6.45, 7) is 0. The molecule has 0 atom stereocenters. The third-order valence-corrected chi connectivity index (χ3v) is 3.82. The Morgan fingerprint density at radius 3 is 2.38 bits per heavy atom. The van der Waals surface area contributed by atoms with Crippen LogP contribution in [0.4, 0.5) is 0 Å². The molecule has 0 saturated heterocycles. The van der Waals surface area contributed by atoms with E-state index in [2.05, 4.69) is 4.99 Å². The number of hydrogen-bond donors (Lipinski definition) is 0. The zero-order valence-corrected chi connectivity index (χ0v) is 12.2. The van der Waals surface area contributed by atoms with Gasteiger partial charge in [-0.2, -0.15) is 4.99 Å². The summed E-state index contributed by atoms with van der Waals surface area (Å²) in [6, 6.07) is 4.06. The molecule has 0 amide bonds. The van der Waals surface area contributed by atoms with Crippen LogP contribution < -0.4 is 0 Å². The number of thioether (sulfide) groups is 1. The van der Waals surface area contributed by atoms with Crippen molar-refractivity contribution in [1.29, 1.82) is 0 Å². The molecule has 0 saturated carbocycles. The fraction of sp³-hybridized carbons (Fsp3) is 0.400. The molecule has 3 nitrogen and oxygen atoms in total. The first-order chi connectivity index (χ1) is 7.50. The van der Waals surface area contributed by atoms with Crippen LogP contribution in [0, 0.1) is 0 Å². The average molecular weight is 273 g/mol. The number of nitrogens with zero attached hydrogens (tertiary/aromatic N) is 3. The fourth-order valence-electron chi connectivity index (χ4n) is 1.11. The Kier molecular flexibility index (Phi) is 5.24. The third kappa shape index (κ3) is 4.11. The maximum absolute atomic E-state index is 5.25. The summed E-state index contributed by atoms with van der Waals surface area (Å²) in [5.41, 5.74) is 0. The summed E-state index contributed by atoms with van der Waals surface area (Å²) in [4.78, 5) is 8.31. The summed E-state index contributed by atoms with van der Waals surface area (Å²) in [7, 11) is 7.82. The van der Waals surface area contributed by atoms with Gasteiger partial charge in [-0.3, -0.25) is 0 Å². The first-order valence-electron chi connectivity index (χ1n) is 4.69. The van der Waals surface area contributed by atoms with Gasteiger partial charge in [-0.05, 0) is 35.4 Å². The highest BCUT2D eigenvalue weighted by Crippen LogP contribution is 2.25. The molecule has 0 N–H and O–H groups in total. The highest BCUT2D eigenvalue weighted by Gasteiger charge is 2.07. The molecule has 0 aliphatic carbocycles. The molecule has 0 radical (unpaired) electrons. The molecule has 0 bridgehead atoms. The van der Waals surface area contributed by atoms with E-state index in [1.165, 1.54) is 16.0 Å². The van der Waals surface area contributed by atoms with E-state index in [0.29, 0.717) is 4.32 Å². The topological polar surface area (TPSA) is 18.8 Å². The molecule has 0 spiro atoms. The van der Waals surface area contributed by atoms with Gasteiger partial charge in [0.15, 0.2) is 4.32 Å². The maximum Gasteiger partial charge on any atom is 0.202 e. The number of thiophene rings is 1. The molecule has 88 valence electrons. The van der Waals surface area contributed by atoms with Crippen molar-refractivity contribution in [3.8, 4) is 0 Å². The van der Waals surface area contributed by atoms with Crippen molar-refractivity contribution in [2.45, 2.75) is 4.21 Å². The second-order valence-corrected chi connectivity index (χ2v) is 6.38. The number of rotatable bonds is 1. The second kappa shape index (κ2) is 6.22. The maximum atomic E-state index is 5.25. The lowest BCUT2D eigenvalue weighted by molar-refractivity contribution is 0.485. The van der Waals surface area contributed by atoms with Crippen molar-refractivity contribution >= 4 is 45.6 Å². The average Bonchev–Trinajstić information content (AvgIpc) is 2.65. The molecule has 0 aliphatic rings. The Morgan fingerprint density at radius 2 is 1.94 bits per heavy atom. The van der Waals surface area contributed by atoms with E-state index in [1.807, 2.05) is 55.5 Å². The van der Waals surface area contributed by atoms with E-state index in [4.69, 9.17) is 12.2 Å². The van der Waals surface area contributed by atoms with Crippen LogP contribution >= 0.6 is 35.3 Å². The molecule has 1 aromatic rings. The predicted molar refractivity (Wildman–Crippen MR) is 77.6 cm³/mol. The minimum absolute atomic E-state index is 0.639. The number of guanidine groups is 1. The smallest absolute Gasteiger partial charge is 0.202 e. The Labute approximate surface area is 110 Å². The molecule has 0 aliphatic heterocycles. The van der Waals surface area contributed by atoms with Crippen LogP contribution in [-0.2, 0) is 0 Å². The Bertz CT molecular complexity index is 359. The van der Waals surface area contributed by atoms with Gasteiger partial charge in [0.2, 0.25) is 5.96 Å². The normalized spacial score (nSPS) is 9.75. The van der Waals surface area contributed by atoms with Crippen LogP contribution in [0.3, 0.4) is 0 Å². The SMILES string of the molecule is CN(C)C(=NC(=S)Sc1cccs1)N(C)C. The Hall–Kier alpha value is -0.590. The minimum atomic E-state index is 0.639. The van der Waals surface area contributed by atoms with Crippen molar-refractivity contribution in [2.24, 2.45) is 4.99 Å². The van der Waals surface area contributed by atoms with Crippen molar-refractivity contribution in [1.82, 2.24) is 9.80 Å². The van der Waals surface area contributed by atoms with E-state index < -0.39 is 0 Å². The summed E-state index contributed by atoms with van der Waals surface area (Å²) >= 11 is 8.44. The number of thiocarbonyl (C=S) groups is 1. The molecule has 1 aromatic heterocycles. The molecular weight excluding hydrogens is 258 g/mol. The fourth-order valence-corrected chi connectivity index (χ4v) is 3.11. The Balaban J connectivity index is 2.70. The van der Waals surface area contributed by atoms with Gasteiger partial charge in [-0.1, -0.05) is 6.07 Å². The quantitative estimate of drug-likeness (QED) is 0.339. The van der Waals surface area contributed by atoms with Crippen LogP contribution in [0.1, 0.15) is 0 Å². The first kappa shape index (κ1) is 13.5. The summed E-state index contributed by atoms with van der Waals surface area (Å²) < 4.78 is 1.81. The third-order valence-electron chi connectivity index (χ3n) is 1.67. The zero-order valence-electron chi connectivity index (χ0n) is 9.80. The van der Waals surface area contributed by atoms with Gasteiger partial charge < -0.3 is 9.80 Å². The van der Waals surface area contributed by atoms with E-state index in [-0.39, 0.29) is 0 Å². The lowest BCUT2D eigenvalue weighted by Gasteiger charge is -2.22. The zero-order chi connectivity index (χ0) is 12.1. The van der Waals surface area contributed by atoms with Gasteiger partial charge in [-0.15, -0.1) is 11.3 Å². The van der Waals surface area contributed by atoms with Crippen molar-refractivity contribution in [2.75, 3.05) is 28.2 Å². The van der Waals surface area contributed by atoms with Crippen molar-refractivity contribution < 1.29 is 0 Å². The van der Waals surface area contributed by atoms with Crippen molar-refractivity contribution in [3.05, 3.63) is 17.5 Å². The van der Waals surface area contributed by atoms with Crippen LogP contribution in [0.2, 0.25) is 0 Å². The highest BCUT2D eigenvalue weighted by molar-refractivity contribution is 8.24. The van der Waals surface area contributed by atoms with E-state index in [0.717, 1.165) is 5.96 Å². The summed E-state index contributed by atoms with van der Waals surface area (Å²) in [6.07, 6.45) is 0. The molecule has 1 rings (SSSR count). The van der Waals surface area contributed by atoms with Crippen LogP contribution in [-0.4, -0.2) is 48.3 Å². The summed E-state index contributed by atoms with van der Waals surface area (Å²) in [5.74, 6) is 0.856. The lowest BCUT2D eigenvalue weighted by atomic mass is 10.7. The van der Waals surface area contributed by atoms with Gasteiger partial charge in [0.05, 0.1) is 4.21 Å². The van der Waals surface area contributed by atoms with Gasteiger partial charge in [0, 0.05) is 28.2 Å². The van der Waals surface area contributed by atoms with Gasteiger partial charge in [0.1, 0.15) is 0 Å². The number of aliphatic imine (C=N–C) groups is 1. The molecule has 0 unspecified atom stereocenters. The standard InChI is InChI=1S/C10H15N3S3/c1-12(2)9(13(3)4)11-10(14)16-8-6-5-7-15-8/h5-7H,1-4H3. The second-order valence-electron chi connectivity index (χ2n) is 3.50. The molecule has 1 heterocycles. The Morgan fingerprint density at radius 1 is 1.31 bits per heavy atom. The minimum Gasteiger partial charge on any atom is -0.349 e. The van der Waals surface area contributed by atoms with Gasteiger partial charge in [-0.25, -0.2) is 0 Å². The predicted octanol–water partition coefficient (Wildman–Crippen LogP) is 2.60. The van der Waals surface area contributed by atoms with Crippen LogP contribution in [0.15, 0.2) is 26.7 Å². The van der Waals surface area contributed by atoms with Crippen molar-refractivity contribution in [3.63, 3.8) is 0 Å². The summed E-state index contributed by atoms with van der Waals surface area (Å²) in [5, 5.41) is 2.04. The molecule has 16 heavy (non-hydrogen) atoms. The lowest BCUT2D eigenvalue weighted by Crippen LogP contribution is -2.35. The molecule has 6 heteroatoms. The molecular formula is C10H15N3S3. The largest absolute Gasteiger partial charge is 0.349 e. The first-order valence-corrected chi connectivity index (χ1v) is 6.80. The van der Waals surface area contributed by atoms with E-state index in [9.17, 15) is 0 Å². The monoisotopic (exact) mass is 273 g/mol.